The lowest BCUT2D eigenvalue weighted by Gasteiger charge is -2.40. The van der Waals surface area contributed by atoms with E-state index in [9.17, 15) is 14.4 Å². The van der Waals surface area contributed by atoms with Gasteiger partial charge in [0, 0.05) is 53.7 Å². The van der Waals surface area contributed by atoms with Gasteiger partial charge < -0.3 is 26.0 Å². The Morgan fingerprint density at radius 2 is 1.76 bits per heavy atom. The van der Waals surface area contributed by atoms with E-state index in [-0.39, 0.29) is 29.7 Å². The van der Waals surface area contributed by atoms with Crippen LogP contribution in [0.1, 0.15) is 81.6 Å². The summed E-state index contributed by atoms with van der Waals surface area (Å²) in [7, 11) is 0. The van der Waals surface area contributed by atoms with Gasteiger partial charge in [0.1, 0.15) is 5.82 Å². The molecule has 2 aromatic rings. The van der Waals surface area contributed by atoms with Crippen LogP contribution in [0.3, 0.4) is 0 Å². The van der Waals surface area contributed by atoms with Gasteiger partial charge in [-0.05, 0) is 81.7 Å². The number of ketones is 1. The Morgan fingerprint density at radius 1 is 1.00 bits per heavy atom. The average molecular weight is 518 g/mol. The van der Waals surface area contributed by atoms with Gasteiger partial charge in [-0.25, -0.2) is 4.98 Å². The molecule has 4 fully saturated rings. The number of fused-ring (bicyclic) bond motifs is 2. The monoisotopic (exact) mass is 517 g/mol. The maximum Gasteiger partial charge on any atom is 0.251 e. The molecule has 1 unspecified atom stereocenters. The molecule has 4 N–H and O–H groups in total. The first-order chi connectivity index (χ1) is 18.4. The average Bonchev–Trinajstić information content (AvgIpc) is 3.56. The van der Waals surface area contributed by atoms with Crippen molar-refractivity contribution in [3.05, 3.63) is 52.7 Å². The van der Waals surface area contributed by atoms with Gasteiger partial charge >= 0.3 is 0 Å². The standard InChI is InChI=1S/C29H35N5O4/c1-16-10-24(28(30)36)25(32-19-8-9-38-15-19)13-23(16)29(37)33-20-11-21-5-6-22(12-20)34(21)26-7-4-18(14-31-26)27(35)17-2-3-17/h4,7,10,13-14,17,19-22,32H,2-3,5-6,8-9,11-12,15H2,1H3,(H2,30,36)(H,33,37)/t19-,20?,21-,22+/m0/s1. The number of hydrogen-bond acceptors (Lipinski definition) is 7. The molecule has 4 atom stereocenters. The van der Waals surface area contributed by atoms with E-state index in [1.807, 2.05) is 19.1 Å². The Kier molecular flexibility index (Phi) is 6.55. The molecule has 3 aliphatic heterocycles. The summed E-state index contributed by atoms with van der Waals surface area (Å²) in [5.74, 6) is 0.659. The third-order valence-corrected chi connectivity index (χ3v) is 8.48. The molecule has 0 radical (unpaired) electrons. The number of aryl methyl sites for hydroxylation is 1. The molecular formula is C29H35N5O4. The van der Waals surface area contributed by atoms with Gasteiger partial charge in [0.05, 0.1) is 18.2 Å². The van der Waals surface area contributed by atoms with Gasteiger partial charge in [0.15, 0.2) is 5.78 Å². The van der Waals surface area contributed by atoms with E-state index in [0.29, 0.717) is 47.7 Å². The Balaban J connectivity index is 1.14. The van der Waals surface area contributed by atoms with Crippen molar-refractivity contribution in [2.75, 3.05) is 23.4 Å². The van der Waals surface area contributed by atoms with Crippen LogP contribution in [0, 0.1) is 12.8 Å². The number of aromatic nitrogens is 1. The van der Waals surface area contributed by atoms with Crippen LogP contribution in [-0.2, 0) is 4.74 Å². The minimum Gasteiger partial charge on any atom is -0.379 e. The van der Waals surface area contributed by atoms with Crippen LogP contribution >= 0.6 is 0 Å². The fraction of sp³-hybridized carbons (Fsp3) is 0.517. The topological polar surface area (TPSA) is 127 Å². The van der Waals surface area contributed by atoms with Crippen LogP contribution in [0.5, 0.6) is 0 Å². The molecule has 2 bridgehead atoms. The lowest BCUT2D eigenvalue weighted by atomic mass is 9.95. The number of Topliss-reactive ketones (excluding diaryl/α,β-unsaturated/α-hetero) is 1. The van der Waals surface area contributed by atoms with Gasteiger partial charge in [-0.2, -0.15) is 0 Å². The number of primary amides is 1. The molecule has 4 heterocycles. The second-order valence-corrected chi connectivity index (χ2v) is 11.3. The van der Waals surface area contributed by atoms with Crippen LogP contribution < -0.4 is 21.3 Å². The van der Waals surface area contributed by atoms with Crippen molar-refractivity contribution >= 4 is 29.1 Å². The maximum atomic E-state index is 13.4. The van der Waals surface area contributed by atoms with E-state index in [1.165, 1.54) is 0 Å². The number of carbonyl (C=O) groups excluding carboxylic acids is 3. The summed E-state index contributed by atoms with van der Waals surface area (Å²) in [6.07, 6.45) is 8.36. The number of piperidine rings is 1. The van der Waals surface area contributed by atoms with Crippen molar-refractivity contribution in [1.29, 1.82) is 0 Å². The number of nitrogens with zero attached hydrogens (tertiary/aromatic N) is 2. The van der Waals surface area contributed by atoms with Crippen LogP contribution in [0.15, 0.2) is 30.5 Å². The zero-order chi connectivity index (χ0) is 26.4. The number of amides is 2. The van der Waals surface area contributed by atoms with Gasteiger partial charge in [-0.3, -0.25) is 14.4 Å². The minimum absolute atomic E-state index is 0.0572. The van der Waals surface area contributed by atoms with Crippen LogP contribution in [0.2, 0.25) is 0 Å². The Labute approximate surface area is 222 Å². The first-order valence-electron chi connectivity index (χ1n) is 13.8. The molecule has 1 aromatic heterocycles. The number of anilines is 2. The van der Waals surface area contributed by atoms with E-state index < -0.39 is 5.91 Å². The second kappa shape index (κ2) is 10.0. The molecule has 1 aliphatic carbocycles. The summed E-state index contributed by atoms with van der Waals surface area (Å²) >= 11 is 0. The summed E-state index contributed by atoms with van der Waals surface area (Å²) in [4.78, 5) is 44.9. The van der Waals surface area contributed by atoms with Crippen LogP contribution in [-0.4, -0.2) is 60.0 Å². The van der Waals surface area contributed by atoms with Crippen molar-refractivity contribution in [1.82, 2.24) is 10.3 Å². The SMILES string of the molecule is Cc1cc(C(N)=O)c(N[C@H]2CCOC2)cc1C(=O)NC1C[C@H]2CC[C@@H](C1)N2c1ccc(C(=O)C2CC2)cn1. The number of nitrogens with two attached hydrogens (primary N) is 1. The summed E-state index contributed by atoms with van der Waals surface area (Å²) in [5.41, 5.74) is 8.56. The van der Waals surface area contributed by atoms with E-state index >= 15 is 0 Å². The first-order valence-corrected chi connectivity index (χ1v) is 13.8. The number of nitrogens with one attached hydrogen (secondary N) is 2. The Hall–Kier alpha value is -3.46. The fourth-order valence-corrected chi connectivity index (χ4v) is 6.34. The fourth-order valence-electron chi connectivity index (χ4n) is 6.34. The zero-order valence-electron chi connectivity index (χ0n) is 21.7. The Bertz CT molecular complexity index is 1240. The molecule has 38 heavy (non-hydrogen) atoms. The molecular weight excluding hydrogens is 482 g/mol. The summed E-state index contributed by atoms with van der Waals surface area (Å²) in [5, 5.41) is 6.61. The van der Waals surface area contributed by atoms with Crippen LogP contribution in [0.25, 0.3) is 0 Å². The molecule has 1 aromatic carbocycles. The molecule has 9 nitrogen and oxygen atoms in total. The highest BCUT2D eigenvalue weighted by Crippen LogP contribution is 2.39. The van der Waals surface area contributed by atoms with Gasteiger partial charge in [-0.15, -0.1) is 0 Å². The molecule has 4 aliphatic rings. The second-order valence-electron chi connectivity index (χ2n) is 11.3. The highest BCUT2D eigenvalue weighted by atomic mass is 16.5. The lowest BCUT2D eigenvalue weighted by molar-refractivity contribution is 0.0923. The molecule has 1 saturated carbocycles. The normalized spacial score (nSPS) is 26.3. The predicted octanol–water partition coefficient (Wildman–Crippen LogP) is 3.21. The summed E-state index contributed by atoms with van der Waals surface area (Å²) in [6, 6.07) is 8.09. The highest BCUT2D eigenvalue weighted by Gasteiger charge is 2.42. The van der Waals surface area contributed by atoms with Gasteiger partial charge in [-0.1, -0.05) is 0 Å². The largest absolute Gasteiger partial charge is 0.379 e. The minimum atomic E-state index is -0.524. The third kappa shape index (κ3) is 4.87. The van der Waals surface area contributed by atoms with Gasteiger partial charge in [0.2, 0.25) is 0 Å². The Morgan fingerprint density at radius 3 is 2.37 bits per heavy atom. The quantitative estimate of drug-likeness (QED) is 0.459. The number of ether oxygens (including phenoxy) is 1. The van der Waals surface area contributed by atoms with Crippen molar-refractivity contribution in [2.24, 2.45) is 11.7 Å². The number of carbonyl (C=O) groups is 3. The van der Waals surface area contributed by atoms with E-state index in [4.69, 9.17) is 10.5 Å². The summed E-state index contributed by atoms with van der Waals surface area (Å²) in [6.45, 7) is 3.06. The lowest BCUT2D eigenvalue weighted by Crippen LogP contribution is -2.50. The smallest absolute Gasteiger partial charge is 0.251 e. The van der Waals surface area contributed by atoms with E-state index in [2.05, 4.69) is 20.5 Å². The van der Waals surface area contributed by atoms with Crippen molar-refractivity contribution in [3.63, 3.8) is 0 Å². The molecule has 200 valence electrons. The number of pyridine rings is 1. The molecule has 2 amide bonds. The van der Waals surface area contributed by atoms with Crippen molar-refractivity contribution in [3.8, 4) is 0 Å². The third-order valence-electron chi connectivity index (χ3n) is 8.48. The number of hydrogen-bond donors (Lipinski definition) is 3. The highest BCUT2D eigenvalue weighted by molar-refractivity contribution is 6.03. The number of benzene rings is 1. The van der Waals surface area contributed by atoms with Gasteiger partial charge in [0.25, 0.3) is 11.8 Å². The predicted molar refractivity (Wildman–Crippen MR) is 144 cm³/mol. The van der Waals surface area contributed by atoms with E-state index in [1.54, 1.807) is 18.3 Å². The number of rotatable bonds is 8. The first kappa shape index (κ1) is 24.9. The molecule has 3 saturated heterocycles. The molecule has 0 spiro atoms. The summed E-state index contributed by atoms with van der Waals surface area (Å²) < 4.78 is 5.44. The van der Waals surface area contributed by atoms with Crippen molar-refractivity contribution in [2.45, 2.75) is 76.0 Å². The van der Waals surface area contributed by atoms with Crippen molar-refractivity contribution < 1.29 is 19.1 Å². The van der Waals surface area contributed by atoms with Crippen LogP contribution in [0.4, 0.5) is 11.5 Å². The zero-order valence-corrected chi connectivity index (χ0v) is 21.7. The maximum absolute atomic E-state index is 13.4. The van der Waals surface area contributed by atoms with E-state index in [0.717, 1.165) is 56.3 Å². The molecule has 6 rings (SSSR count). The molecule has 9 heteroatoms.